The SMILES string of the molecule is CC.NNC(=O)CC1CCCC1. The molecule has 72 valence electrons. The molecule has 0 bridgehead atoms. The van der Waals surface area contributed by atoms with Crippen molar-refractivity contribution in [1.29, 1.82) is 0 Å². The lowest BCUT2D eigenvalue weighted by Gasteiger charge is -2.05. The van der Waals surface area contributed by atoms with Crippen molar-refractivity contribution in [3.05, 3.63) is 0 Å². The van der Waals surface area contributed by atoms with Crippen LogP contribution in [0.4, 0.5) is 0 Å². The summed E-state index contributed by atoms with van der Waals surface area (Å²) < 4.78 is 0. The van der Waals surface area contributed by atoms with Gasteiger partial charge in [-0.1, -0.05) is 26.7 Å². The summed E-state index contributed by atoms with van der Waals surface area (Å²) in [6.07, 6.45) is 5.59. The second-order valence-corrected chi connectivity index (χ2v) is 2.92. The Balaban J connectivity index is 0.000000561. The zero-order chi connectivity index (χ0) is 9.40. The molecule has 0 aromatic carbocycles. The first kappa shape index (κ1) is 11.4. The summed E-state index contributed by atoms with van der Waals surface area (Å²) in [5, 5.41) is 0. The minimum atomic E-state index is -0.0214. The molecule has 1 rings (SSSR count). The van der Waals surface area contributed by atoms with Crippen molar-refractivity contribution in [3.8, 4) is 0 Å². The Morgan fingerprint density at radius 2 is 1.92 bits per heavy atom. The van der Waals surface area contributed by atoms with Gasteiger partial charge in [0.25, 0.3) is 0 Å². The molecule has 0 aromatic heterocycles. The topological polar surface area (TPSA) is 55.1 Å². The van der Waals surface area contributed by atoms with Gasteiger partial charge in [-0.25, -0.2) is 5.84 Å². The molecule has 1 aliphatic rings. The fraction of sp³-hybridized carbons (Fsp3) is 0.889. The summed E-state index contributed by atoms with van der Waals surface area (Å²) in [5.74, 6) is 5.53. The van der Waals surface area contributed by atoms with Gasteiger partial charge < -0.3 is 0 Å². The van der Waals surface area contributed by atoms with E-state index in [4.69, 9.17) is 5.84 Å². The first-order chi connectivity index (χ1) is 5.83. The monoisotopic (exact) mass is 172 g/mol. The fourth-order valence-electron chi connectivity index (χ4n) is 1.54. The number of nitrogens with two attached hydrogens (primary N) is 1. The van der Waals surface area contributed by atoms with Gasteiger partial charge in [0.05, 0.1) is 0 Å². The van der Waals surface area contributed by atoms with Crippen molar-refractivity contribution in [3.63, 3.8) is 0 Å². The molecule has 1 fully saturated rings. The van der Waals surface area contributed by atoms with Gasteiger partial charge in [0.1, 0.15) is 0 Å². The molecule has 1 aliphatic carbocycles. The van der Waals surface area contributed by atoms with Crippen molar-refractivity contribution in [2.75, 3.05) is 0 Å². The Hall–Kier alpha value is -0.570. The third-order valence-corrected chi connectivity index (χ3v) is 2.11. The van der Waals surface area contributed by atoms with Crippen LogP contribution in [0.5, 0.6) is 0 Å². The highest BCUT2D eigenvalue weighted by atomic mass is 16.2. The second kappa shape index (κ2) is 7.10. The number of carbonyl (C=O) groups is 1. The third-order valence-electron chi connectivity index (χ3n) is 2.11. The second-order valence-electron chi connectivity index (χ2n) is 2.92. The van der Waals surface area contributed by atoms with Gasteiger partial charge in [-0.15, -0.1) is 0 Å². The van der Waals surface area contributed by atoms with Crippen molar-refractivity contribution in [1.82, 2.24) is 5.43 Å². The Labute approximate surface area is 74.7 Å². The van der Waals surface area contributed by atoms with E-state index in [0.717, 1.165) is 0 Å². The van der Waals surface area contributed by atoms with Gasteiger partial charge in [-0.2, -0.15) is 0 Å². The van der Waals surface area contributed by atoms with Crippen molar-refractivity contribution in [2.24, 2.45) is 11.8 Å². The molecule has 0 saturated heterocycles. The minimum absolute atomic E-state index is 0.0214. The van der Waals surface area contributed by atoms with Gasteiger partial charge in [-0.3, -0.25) is 10.2 Å². The van der Waals surface area contributed by atoms with E-state index in [1.807, 2.05) is 13.8 Å². The third kappa shape index (κ3) is 4.34. The average molecular weight is 172 g/mol. The van der Waals surface area contributed by atoms with Crippen LogP contribution in [0, 0.1) is 5.92 Å². The zero-order valence-electron chi connectivity index (χ0n) is 8.10. The maximum absolute atomic E-state index is 10.7. The quantitative estimate of drug-likeness (QED) is 0.377. The highest BCUT2D eigenvalue weighted by Crippen LogP contribution is 2.26. The molecule has 0 aliphatic heterocycles. The van der Waals surface area contributed by atoms with Crippen LogP contribution in [0.3, 0.4) is 0 Å². The molecule has 0 spiro atoms. The number of hydrazine groups is 1. The number of hydrogen-bond donors (Lipinski definition) is 2. The molecule has 0 radical (unpaired) electrons. The number of rotatable bonds is 2. The predicted octanol–water partition coefficient (Wildman–Crippen LogP) is 1.58. The van der Waals surface area contributed by atoms with E-state index in [0.29, 0.717) is 12.3 Å². The largest absolute Gasteiger partial charge is 0.294 e. The highest BCUT2D eigenvalue weighted by Gasteiger charge is 2.17. The molecule has 0 aromatic rings. The molecule has 0 atom stereocenters. The van der Waals surface area contributed by atoms with Gasteiger partial charge in [0.2, 0.25) is 5.91 Å². The Bertz CT molecular complexity index is 120. The molecule has 3 heteroatoms. The average Bonchev–Trinajstić information content (AvgIpc) is 2.60. The normalized spacial score (nSPS) is 16.6. The lowest BCUT2D eigenvalue weighted by atomic mass is 10.0. The summed E-state index contributed by atoms with van der Waals surface area (Å²) in [6, 6.07) is 0. The van der Waals surface area contributed by atoms with Gasteiger partial charge in [-0.05, 0) is 18.8 Å². The maximum Gasteiger partial charge on any atom is 0.234 e. The highest BCUT2D eigenvalue weighted by molar-refractivity contribution is 5.75. The van der Waals surface area contributed by atoms with Crippen molar-refractivity contribution in [2.45, 2.75) is 46.0 Å². The van der Waals surface area contributed by atoms with Gasteiger partial charge in [0.15, 0.2) is 0 Å². The fourth-order valence-corrected chi connectivity index (χ4v) is 1.54. The van der Waals surface area contributed by atoms with Gasteiger partial charge >= 0.3 is 0 Å². The Morgan fingerprint density at radius 1 is 1.42 bits per heavy atom. The van der Waals surface area contributed by atoms with E-state index in [-0.39, 0.29) is 5.91 Å². The molecule has 3 nitrogen and oxygen atoms in total. The summed E-state index contributed by atoms with van der Waals surface area (Å²) >= 11 is 0. The maximum atomic E-state index is 10.7. The summed E-state index contributed by atoms with van der Waals surface area (Å²) in [7, 11) is 0. The molecule has 1 amide bonds. The molecule has 12 heavy (non-hydrogen) atoms. The van der Waals surface area contributed by atoms with Crippen LogP contribution in [0.25, 0.3) is 0 Å². The lowest BCUT2D eigenvalue weighted by Crippen LogP contribution is -2.31. The molecular formula is C9H20N2O. The Morgan fingerprint density at radius 3 is 2.33 bits per heavy atom. The van der Waals surface area contributed by atoms with Crippen LogP contribution >= 0.6 is 0 Å². The molecule has 0 unspecified atom stereocenters. The predicted molar refractivity (Wildman–Crippen MR) is 50.3 cm³/mol. The molecule has 0 heterocycles. The number of hydrogen-bond acceptors (Lipinski definition) is 2. The number of carbonyl (C=O) groups excluding carboxylic acids is 1. The minimum Gasteiger partial charge on any atom is -0.294 e. The van der Waals surface area contributed by atoms with E-state index in [1.54, 1.807) is 0 Å². The summed E-state index contributed by atoms with van der Waals surface area (Å²) in [6.45, 7) is 4.00. The first-order valence-corrected chi connectivity index (χ1v) is 4.82. The molecule has 3 N–H and O–H groups in total. The smallest absolute Gasteiger partial charge is 0.234 e. The van der Waals surface area contributed by atoms with Crippen LogP contribution < -0.4 is 11.3 Å². The summed E-state index contributed by atoms with van der Waals surface area (Å²) in [5.41, 5.74) is 2.15. The molecular weight excluding hydrogens is 152 g/mol. The standard InChI is InChI=1S/C7H14N2O.C2H6/c8-9-7(10)5-6-3-1-2-4-6;1-2/h6H,1-5,8H2,(H,9,10);1-2H3. The van der Waals surface area contributed by atoms with E-state index >= 15 is 0 Å². The van der Waals surface area contributed by atoms with Crippen LogP contribution in [-0.4, -0.2) is 5.91 Å². The zero-order valence-corrected chi connectivity index (χ0v) is 8.10. The van der Waals surface area contributed by atoms with E-state index in [9.17, 15) is 4.79 Å². The number of nitrogens with one attached hydrogen (secondary N) is 1. The van der Waals surface area contributed by atoms with Crippen molar-refractivity contribution >= 4 is 5.91 Å². The van der Waals surface area contributed by atoms with Gasteiger partial charge in [0, 0.05) is 6.42 Å². The van der Waals surface area contributed by atoms with E-state index in [2.05, 4.69) is 5.43 Å². The lowest BCUT2D eigenvalue weighted by molar-refractivity contribution is -0.122. The number of amides is 1. The van der Waals surface area contributed by atoms with Crippen LogP contribution in [-0.2, 0) is 4.79 Å². The van der Waals surface area contributed by atoms with Crippen molar-refractivity contribution < 1.29 is 4.79 Å². The Kier molecular flexibility index (Phi) is 6.76. The van der Waals surface area contributed by atoms with Crippen LogP contribution in [0.2, 0.25) is 0 Å². The van der Waals surface area contributed by atoms with E-state index in [1.165, 1.54) is 25.7 Å². The molecule has 1 saturated carbocycles. The first-order valence-electron chi connectivity index (χ1n) is 4.82. The van der Waals surface area contributed by atoms with E-state index < -0.39 is 0 Å². The van der Waals surface area contributed by atoms with Crippen LogP contribution in [0.15, 0.2) is 0 Å². The van der Waals surface area contributed by atoms with Crippen LogP contribution in [0.1, 0.15) is 46.0 Å². The summed E-state index contributed by atoms with van der Waals surface area (Å²) in [4.78, 5) is 10.7.